The zero-order valence-corrected chi connectivity index (χ0v) is 18.6. The molecule has 0 bridgehead atoms. The van der Waals surface area contributed by atoms with E-state index in [1.165, 1.54) is 18.3 Å². The maximum Gasteiger partial charge on any atom is 0.416 e. The minimum Gasteiger partial charge on any atom is -0.368 e. The van der Waals surface area contributed by atoms with Crippen molar-refractivity contribution < 1.29 is 18.0 Å². The lowest BCUT2D eigenvalue weighted by molar-refractivity contribution is -0.137. The van der Waals surface area contributed by atoms with Gasteiger partial charge in [-0.1, -0.05) is 6.07 Å². The van der Waals surface area contributed by atoms with Gasteiger partial charge in [0.25, 0.3) is 5.91 Å². The fourth-order valence-corrected chi connectivity index (χ4v) is 4.09. The molecule has 35 heavy (non-hydrogen) atoms. The van der Waals surface area contributed by atoms with E-state index in [1.54, 1.807) is 12.3 Å². The van der Waals surface area contributed by atoms with Crippen molar-refractivity contribution in [3.8, 4) is 0 Å². The molecule has 0 fully saturated rings. The molecule has 0 saturated carbocycles. The second-order valence-corrected chi connectivity index (χ2v) is 8.17. The van der Waals surface area contributed by atoms with Crippen molar-refractivity contribution in [2.24, 2.45) is 4.99 Å². The van der Waals surface area contributed by atoms with E-state index < -0.39 is 17.6 Å². The van der Waals surface area contributed by atoms with Crippen LogP contribution in [0.15, 0.2) is 47.7 Å². The molecule has 1 aromatic carbocycles. The van der Waals surface area contributed by atoms with Gasteiger partial charge >= 0.3 is 6.18 Å². The molecule has 5 rings (SSSR count). The van der Waals surface area contributed by atoms with E-state index in [0.29, 0.717) is 36.1 Å². The van der Waals surface area contributed by atoms with E-state index in [4.69, 9.17) is 10.7 Å². The number of halogens is 3. The summed E-state index contributed by atoms with van der Waals surface area (Å²) in [4.78, 5) is 32.3. The van der Waals surface area contributed by atoms with Gasteiger partial charge in [-0.05, 0) is 43.7 Å². The van der Waals surface area contributed by atoms with Crippen LogP contribution in [0.5, 0.6) is 0 Å². The lowest BCUT2D eigenvalue weighted by atomic mass is 9.96. The molecule has 3 aromatic rings. The third kappa shape index (κ3) is 4.32. The van der Waals surface area contributed by atoms with E-state index >= 15 is 0 Å². The van der Waals surface area contributed by atoms with Gasteiger partial charge in [-0.2, -0.15) is 18.2 Å². The average molecular weight is 479 g/mol. The SMILES string of the molecule is Cc1ncc(NC(=O)c2cccc(C(F)(F)F)c2)cc1C1=Cc2cnc(N)nc2N2CCCN=C12. The first-order valence-corrected chi connectivity index (χ1v) is 10.8. The Labute approximate surface area is 198 Å². The number of nitrogens with zero attached hydrogens (tertiary/aromatic N) is 5. The molecule has 0 saturated heterocycles. The van der Waals surface area contributed by atoms with Gasteiger partial charge in [-0.25, -0.2) is 4.98 Å². The molecule has 0 unspecified atom stereocenters. The number of fused-ring (bicyclic) bond motifs is 3. The number of carbonyl (C=O) groups excluding carboxylic acids is 1. The van der Waals surface area contributed by atoms with Crippen molar-refractivity contribution in [1.29, 1.82) is 0 Å². The van der Waals surface area contributed by atoms with Crippen LogP contribution in [0.3, 0.4) is 0 Å². The third-order valence-corrected chi connectivity index (χ3v) is 5.76. The summed E-state index contributed by atoms with van der Waals surface area (Å²) < 4.78 is 39.1. The zero-order valence-electron chi connectivity index (χ0n) is 18.6. The number of aryl methyl sites for hydroxylation is 1. The Bertz CT molecular complexity index is 1400. The summed E-state index contributed by atoms with van der Waals surface area (Å²) in [6.45, 7) is 3.19. The smallest absolute Gasteiger partial charge is 0.368 e. The molecule has 2 aliphatic rings. The molecule has 11 heteroatoms. The predicted molar refractivity (Wildman–Crippen MR) is 127 cm³/mol. The number of carbonyl (C=O) groups is 1. The first-order chi connectivity index (χ1) is 16.7. The second-order valence-electron chi connectivity index (χ2n) is 8.17. The molecule has 0 atom stereocenters. The van der Waals surface area contributed by atoms with Crippen LogP contribution in [-0.4, -0.2) is 39.8 Å². The maximum atomic E-state index is 13.0. The van der Waals surface area contributed by atoms with Crippen molar-refractivity contribution in [2.45, 2.75) is 19.5 Å². The molecule has 2 aliphatic heterocycles. The lowest BCUT2D eigenvalue weighted by Gasteiger charge is -2.34. The van der Waals surface area contributed by atoms with E-state index in [2.05, 4.69) is 20.3 Å². The number of amidine groups is 1. The number of anilines is 3. The Morgan fingerprint density at radius 3 is 2.80 bits per heavy atom. The van der Waals surface area contributed by atoms with Gasteiger partial charge < -0.3 is 16.0 Å². The van der Waals surface area contributed by atoms with Crippen molar-refractivity contribution in [2.75, 3.05) is 29.0 Å². The van der Waals surface area contributed by atoms with E-state index in [9.17, 15) is 18.0 Å². The van der Waals surface area contributed by atoms with Crippen LogP contribution >= 0.6 is 0 Å². The van der Waals surface area contributed by atoms with Crippen molar-refractivity contribution >= 4 is 40.8 Å². The molecular weight excluding hydrogens is 459 g/mol. The fourth-order valence-electron chi connectivity index (χ4n) is 4.09. The Hall–Kier alpha value is -4.28. The Balaban J connectivity index is 1.51. The maximum absolute atomic E-state index is 13.0. The third-order valence-electron chi connectivity index (χ3n) is 5.76. The van der Waals surface area contributed by atoms with Crippen LogP contribution in [0, 0.1) is 6.92 Å². The normalized spacial score (nSPS) is 15.0. The van der Waals surface area contributed by atoms with Gasteiger partial charge in [0.05, 0.1) is 17.4 Å². The molecule has 178 valence electrons. The summed E-state index contributed by atoms with van der Waals surface area (Å²) in [5.41, 5.74) is 8.12. The standard InChI is InChI=1S/C24H20F3N7O/c1-13-18(19-9-15-11-31-23(28)33-20(15)34-7-3-6-29-21(19)34)10-17(12-30-13)32-22(35)14-4-2-5-16(8-14)24(25,26)27/h2,4-5,8-12H,3,6-7H2,1H3,(H,32,35)(H2,28,31,33). The predicted octanol–water partition coefficient (Wildman–Crippen LogP) is 4.20. The summed E-state index contributed by atoms with van der Waals surface area (Å²) in [5.74, 6) is 0.895. The van der Waals surface area contributed by atoms with Crippen LogP contribution in [-0.2, 0) is 6.18 Å². The number of benzene rings is 1. The summed E-state index contributed by atoms with van der Waals surface area (Å²) in [6, 6.07) is 6.00. The highest BCUT2D eigenvalue weighted by Crippen LogP contribution is 2.36. The molecule has 0 aliphatic carbocycles. The highest BCUT2D eigenvalue weighted by atomic mass is 19.4. The van der Waals surface area contributed by atoms with Crippen LogP contribution in [0.2, 0.25) is 0 Å². The van der Waals surface area contributed by atoms with Gasteiger partial charge in [-0.3, -0.25) is 14.8 Å². The van der Waals surface area contributed by atoms with Crippen LogP contribution < -0.4 is 16.0 Å². The van der Waals surface area contributed by atoms with Crippen molar-refractivity contribution in [3.05, 3.63) is 70.7 Å². The number of nitrogens with two attached hydrogens (primary N) is 1. The molecule has 1 amide bonds. The van der Waals surface area contributed by atoms with Gasteiger partial charge in [-0.15, -0.1) is 0 Å². The largest absolute Gasteiger partial charge is 0.416 e. The second kappa shape index (κ2) is 8.49. The minimum absolute atomic E-state index is 0.106. The van der Waals surface area contributed by atoms with Crippen LogP contribution in [0.25, 0.3) is 11.6 Å². The van der Waals surface area contributed by atoms with Gasteiger partial charge in [0, 0.05) is 47.2 Å². The number of pyridine rings is 1. The first kappa shape index (κ1) is 22.5. The molecule has 3 N–H and O–H groups in total. The number of aromatic nitrogens is 3. The number of nitrogen functional groups attached to an aromatic ring is 1. The van der Waals surface area contributed by atoms with E-state index in [-0.39, 0.29) is 11.5 Å². The average Bonchev–Trinajstić information content (AvgIpc) is 2.84. The highest BCUT2D eigenvalue weighted by Gasteiger charge is 2.32. The Morgan fingerprint density at radius 2 is 2.00 bits per heavy atom. The lowest BCUT2D eigenvalue weighted by Crippen LogP contribution is -2.39. The molecule has 0 spiro atoms. The number of amides is 1. The molecule has 2 aromatic heterocycles. The number of aliphatic imine (C=N–C) groups is 1. The summed E-state index contributed by atoms with van der Waals surface area (Å²) in [6.07, 6.45) is 1.32. The van der Waals surface area contributed by atoms with Crippen LogP contribution in [0.1, 0.15) is 39.2 Å². The van der Waals surface area contributed by atoms with E-state index in [0.717, 1.165) is 35.3 Å². The van der Waals surface area contributed by atoms with Gasteiger partial charge in [0.1, 0.15) is 11.7 Å². The summed E-state index contributed by atoms with van der Waals surface area (Å²) in [7, 11) is 0. The van der Waals surface area contributed by atoms with Crippen molar-refractivity contribution in [3.63, 3.8) is 0 Å². The van der Waals surface area contributed by atoms with Gasteiger partial charge in [0.15, 0.2) is 0 Å². The monoisotopic (exact) mass is 479 g/mol. The molecular formula is C24H20F3N7O. The van der Waals surface area contributed by atoms with Crippen LogP contribution in [0.4, 0.5) is 30.6 Å². The Morgan fingerprint density at radius 1 is 1.17 bits per heavy atom. The topological polar surface area (TPSA) is 109 Å². The first-order valence-electron chi connectivity index (χ1n) is 10.8. The zero-order chi connectivity index (χ0) is 24.7. The molecule has 4 heterocycles. The number of hydrogen-bond donors (Lipinski definition) is 2. The minimum atomic E-state index is -4.54. The number of nitrogens with one attached hydrogen (secondary N) is 1. The highest BCUT2D eigenvalue weighted by molar-refractivity contribution is 6.35. The number of rotatable bonds is 3. The molecule has 8 nitrogen and oxygen atoms in total. The fraction of sp³-hybridized carbons (Fsp3) is 0.208. The van der Waals surface area contributed by atoms with Crippen molar-refractivity contribution in [1.82, 2.24) is 15.0 Å². The number of hydrogen-bond acceptors (Lipinski definition) is 7. The molecule has 0 radical (unpaired) electrons. The summed E-state index contributed by atoms with van der Waals surface area (Å²) >= 11 is 0. The van der Waals surface area contributed by atoms with Gasteiger partial charge in [0.2, 0.25) is 5.95 Å². The quantitative estimate of drug-likeness (QED) is 0.583. The summed E-state index contributed by atoms with van der Waals surface area (Å²) in [5, 5.41) is 2.65. The van der Waals surface area contributed by atoms with E-state index in [1.807, 2.05) is 17.9 Å². The Kier molecular flexibility index (Phi) is 5.46. The number of alkyl halides is 3.